The Kier molecular flexibility index (Phi) is 4.24. The van der Waals surface area contributed by atoms with Gasteiger partial charge in [0.2, 0.25) is 5.96 Å². The third-order valence-electron chi connectivity index (χ3n) is 3.33. The molecule has 24 heavy (non-hydrogen) atoms. The minimum atomic E-state index is -0.00435. The van der Waals surface area contributed by atoms with E-state index in [0.717, 1.165) is 5.01 Å². The van der Waals surface area contributed by atoms with Crippen LogP contribution < -0.4 is 16.3 Å². The minimum Gasteiger partial charge on any atom is -0.458 e. The van der Waals surface area contributed by atoms with Gasteiger partial charge in [-0.3, -0.25) is 10.4 Å². The number of nitrogen functional groups attached to an aromatic ring is 1. The smallest absolute Gasteiger partial charge is 0.304 e. The predicted molar refractivity (Wildman–Crippen MR) is 92.8 cm³/mol. The van der Waals surface area contributed by atoms with Gasteiger partial charge in [0, 0.05) is 7.05 Å². The molecule has 3 rings (SSSR count). The number of pyridine rings is 1. The minimum absolute atomic E-state index is 0.00435. The molecule has 0 aliphatic rings. The zero-order valence-corrected chi connectivity index (χ0v) is 13.7. The van der Waals surface area contributed by atoms with E-state index in [1.54, 1.807) is 43.4 Å². The lowest BCUT2D eigenvalue weighted by Crippen LogP contribution is -2.37. The fourth-order valence-electron chi connectivity index (χ4n) is 2.22. The van der Waals surface area contributed by atoms with Crippen molar-refractivity contribution in [3.63, 3.8) is 0 Å². The van der Waals surface area contributed by atoms with Crippen LogP contribution in [0.15, 0.2) is 36.4 Å². The summed E-state index contributed by atoms with van der Waals surface area (Å²) in [5, 5.41) is 9.80. The van der Waals surface area contributed by atoms with Gasteiger partial charge in [-0.05, 0) is 24.3 Å². The van der Waals surface area contributed by atoms with Crippen molar-refractivity contribution in [3.8, 4) is 6.01 Å². The number of hydrogen-bond donors (Lipinski definition) is 3. The lowest BCUT2D eigenvalue weighted by molar-refractivity contribution is 0.273. The normalized spacial score (nSPS) is 10.8. The highest BCUT2D eigenvalue weighted by Gasteiger charge is 2.19. The van der Waals surface area contributed by atoms with Crippen molar-refractivity contribution >= 4 is 34.4 Å². The van der Waals surface area contributed by atoms with E-state index in [-0.39, 0.29) is 18.6 Å². The molecule has 0 saturated heterocycles. The third-order valence-corrected chi connectivity index (χ3v) is 3.63. The fourth-order valence-corrected chi connectivity index (χ4v) is 2.43. The summed E-state index contributed by atoms with van der Waals surface area (Å²) < 4.78 is 7.22. The highest BCUT2D eigenvalue weighted by atomic mass is 35.5. The molecule has 0 aliphatic carbocycles. The maximum atomic E-state index is 8.18. The van der Waals surface area contributed by atoms with E-state index in [1.165, 1.54) is 4.57 Å². The summed E-state index contributed by atoms with van der Waals surface area (Å²) in [6, 6.07) is 10.8. The molecule has 2 heterocycles. The third kappa shape index (κ3) is 2.97. The van der Waals surface area contributed by atoms with Crippen LogP contribution in [0.4, 0.5) is 5.82 Å². The molecule has 9 heteroatoms. The number of halogens is 1. The molecular formula is C15H16ClN7O. The van der Waals surface area contributed by atoms with Crippen molar-refractivity contribution in [3.05, 3.63) is 47.1 Å². The number of hydrogen-bond acceptors (Lipinski definition) is 6. The lowest BCUT2D eigenvalue weighted by atomic mass is 10.3. The Balaban J connectivity index is 2.01. The van der Waals surface area contributed by atoms with Gasteiger partial charge in [0.1, 0.15) is 17.9 Å². The predicted octanol–water partition coefficient (Wildman–Crippen LogP) is 1.83. The highest BCUT2D eigenvalue weighted by Crippen LogP contribution is 2.27. The van der Waals surface area contributed by atoms with Crippen molar-refractivity contribution in [1.82, 2.24) is 19.5 Å². The molecule has 3 aromatic rings. The van der Waals surface area contributed by atoms with Crippen LogP contribution in [0.3, 0.4) is 0 Å². The van der Waals surface area contributed by atoms with Crippen molar-refractivity contribution in [2.45, 2.75) is 6.61 Å². The van der Waals surface area contributed by atoms with Crippen LogP contribution in [0.25, 0.3) is 11.0 Å². The second-order valence-corrected chi connectivity index (χ2v) is 5.52. The summed E-state index contributed by atoms with van der Waals surface area (Å²) in [5.41, 5.74) is 7.46. The Hall–Kier alpha value is -2.84. The van der Waals surface area contributed by atoms with E-state index < -0.39 is 0 Å². The number of benzene rings is 1. The molecule has 8 nitrogen and oxygen atoms in total. The molecule has 0 amide bonds. The molecule has 0 aliphatic heterocycles. The summed E-state index contributed by atoms with van der Waals surface area (Å²) in [6.45, 7) is 0.146. The topological polar surface area (TPSA) is 119 Å². The Morgan fingerprint density at radius 3 is 2.75 bits per heavy atom. The van der Waals surface area contributed by atoms with Crippen LogP contribution >= 0.6 is 11.6 Å². The second kappa shape index (κ2) is 6.34. The Bertz CT molecular complexity index is 906. The Morgan fingerprint density at radius 1 is 1.29 bits per heavy atom. The number of imidazole rings is 1. The second-order valence-electron chi connectivity index (χ2n) is 5.11. The standard InChI is InChI=1S/C15H16ClN7O/c1-22(19)14(18)23-11-6-3-5-10(16)13(11)21-15(23)24-8-9-4-2-7-12(17)20-9/h2-7,18H,8,19H2,1H3,(H2,17,20). The van der Waals surface area contributed by atoms with Gasteiger partial charge in [0.05, 0.1) is 16.2 Å². The van der Waals surface area contributed by atoms with Gasteiger partial charge in [0.25, 0.3) is 0 Å². The van der Waals surface area contributed by atoms with Crippen LogP contribution in [-0.4, -0.2) is 32.6 Å². The largest absolute Gasteiger partial charge is 0.458 e. The van der Waals surface area contributed by atoms with Gasteiger partial charge in [-0.15, -0.1) is 0 Å². The molecule has 1 aromatic carbocycles. The summed E-state index contributed by atoms with van der Waals surface area (Å²) in [6.07, 6.45) is 0. The summed E-state index contributed by atoms with van der Waals surface area (Å²) >= 11 is 6.19. The van der Waals surface area contributed by atoms with Crippen molar-refractivity contribution in [1.29, 1.82) is 5.41 Å². The first-order chi connectivity index (χ1) is 11.5. The van der Waals surface area contributed by atoms with E-state index in [4.69, 9.17) is 33.3 Å². The highest BCUT2D eigenvalue weighted by molar-refractivity contribution is 6.35. The quantitative estimate of drug-likeness (QED) is 0.288. The molecule has 0 bridgehead atoms. The van der Waals surface area contributed by atoms with E-state index in [1.807, 2.05) is 0 Å². The van der Waals surface area contributed by atoms with Crippen LogP contribution in [0.5, 0.6) is 6.01 Å². The van der Waals surface area contributed by atoms with Crippen LogP contribution in [0.1, 0.15) is 5.69 Å². The fraction of sp³-hybridized carbons (Fsp3) is 0.133. The van der Waals surface area contributed by atoms with Crippen LogP contribution in [0.2, 0.25) is 5.02 Å². The molecular weight excluding hydrogens is 330 g/mol. The maximum Gasteiger partial charge on any atom is 0.304 e. The van der Waals surface area contributed by atoms with Crippen molar-refractivity contribution in [2.75, 3.05) is 12.8 Å². The molecule has 0 unspecified atom stereocenters. The molecule has 5 N–H and O–H groups in total. The first kappa shape index (κ1) is 16.0. The number of nitrogens with one attached hydrogen (secondary N) is 1. The molecule has 0 saturated carbocycles. The molecule has 2 aromatic heterocycles. The number of aromatic nitrogens is 3. The van der Waals surface area contributed by atoms with Crippen LogP contribution in [-0.2, 0) is 6.61 Å². The Labute approximate surface area is 143 Å². The van der Waals surface area contributed by atoms with Gasteiger partial charge in [-0.1, -0.05) is 23.7 Å². The number of nitrogens with two attached hydrogens (primary N) is 2. The van der Waals surface area contributed by atoms with Gasteiger partial charge < -0.3 is 10.5 Å². The van der Waals surface area contributed by atoms with Crippen molar-refractivity contribution in [2.24, 2.45) is 5.84 Å². The summed E-state index contributed by atoms with van der Waals surface area (Å²) in [5.74, 6) is 6.10. The van der Waals surface area contributed by atoms with Crippen LogP contribution in [0, 0.1) is 5.41 Å². The zero-order valence-electron chi connectivity index (χ0n) is 12.9. The number of rotatable bonds is 3. The summed E-state index contributed by atoms with van der Waals surface area (Å²) in [7, 11) is 1.56. The number of hydrazine groups is 1. The first-order valence-corrected chi connectivity index (χ1v) is 7.43. The first-order valence-electron chi connectivity index (χ1n) is 7.06. The molecule has 0 radical (unpaired) electrons. The average molecular weight is 346 g/mol. The van der Waals surface area contributed by atoms with E-state index in [9.17, 15) is 0 Å². The number of anilines is 1. The van der Waals surface area contributed by atoms with E-state index in [2.05, 4.69) is 9.97 Å². The van der Waals surface area contributed by atoms with E-state index in [0.29, 0.717) is 27.6 Å². The van der Waals surface area contributed by atoms with Crippen molar-refractivity contribution < 1.29 is 4.74 Å². The zero-order chi connectivity index (χ0) is 17.3. The monoisotopic (exact) mass is 345 g/mol. The Morgan fingerprint density at radius 2 is 2.04 bits per heavy atom. The summed E-state index contributed by atoms with van der Waals surface area (Å²) in [4.78, 5) is 8.55. The lowest BCUT2D eigenvalue weighted by Gasteiger charge is -2.16. The average Bonchev–Trinajstić information content (AvgIpc) is 2.92. The molecule has 0 fully saturated rings. The molecule has 0 spiro atoms. The molecule has 124 valence electrons. The molecule has 0 atom stereocenters. The number of fused-ring (bicyclic) bond motifs is 1. The number of nitrogens with zero attached hydrogens (tertiary/aromatic N) is 4. The van der Waals surface area contributed by atoms with Gasteiger partial charge in [-0.2, -0.15) is 4.98 Å². The van der Waals surface area contributed by atoms with E-state index >= 15 is 0 Å². The number of ether oxygens (including phenoxy) is 1. The van der Waals surface area contributed by atoms with Gasteiger partial charge in [0.15, 0.2) is 0 Å². The van der Waals surface area contributed by atoms with Gasteiger partial charge in [-0.25, -0.2) is 15.4 Å². The van der Waals surface area contributed by atoms with Gasteiger partial charge >= 0.3 is 6.01 Å². The SMILES string of the molecule is CN(N)C(=N)n1c(OCc2cccc(N)n2)nc2c(Cl)cccc21. The number of para-hydroxylation sites is 1. The maximum absolute atomic E-state index is 8.18.